The summed E-state index contributed by atoms with van der Waals surface area (Å²) in [5, 5.41) is 3.29. The van der Waals surface area contributed by atoms with Crippen molar-refractivity contribution in [2.24, 2.45) is 0 Å². The third-order valence-corrected chi connectivity index (χ3v) is 2.95. The van der Waals surface area contributed by atoms with E-state index in [-0.39, 0.29) is 0 Å². The third-order valence-electron chi connectivity index (χ3n) is 2.95. The van der Waals surface area contributed by atoms with E-state index in [1.165, 1.54) is 5.56 Å². The number of aromatic nitrogens is 1. The van der Waals surface area contributed by atoms with Crippen LogP contribution < -0.4 is 14.8 Å². The molecule has 4 heteroatoms. The van der Waals surface area contributed by atoms with E-state index in [4.69, 9.17) is 9.47 Å². The molecule has 1 aromatic carbocycles. The summed E-state index contributed by atoms with van der Waals surface area (Å²) in [4.78, 5) is 3.99. The molecular weight excluding hydrogens is 252 g/mol. The number of methoxy groups -OCH3 is 1. The largest absolute Gasteiger partial charge is 0.493 e. The molecule has 1 N–H and O–H groups in total. The summed E-state index contributed by atoms with van der Waals surface area (Å²) in [5.41, 5.74) is 2.26. The molecule has 106 valence electrons. The Balaban J connectivity index is 2.03. The first-order valence-electron chi connectivity index (χ1n) is 6.72. The number of nitrogens with zero attached hydrogens (tertiary/aromatic N) is 1. The number of benzene rings is 1. The minimum absolute atomic E-state index is 0.505. The zero-order valence-corrected chi connectivity index (χ0v) is 11.9. The van der Waals surface area contributed by atoms with Crippen LogP contribution in [0.1, 0.15) is 18.1 Å². The summed E-state index contributed by atoms with van der Waals surface area (Å²) >= 11 is 0. The molecule has 1 heterocycles. The molecule has 1 aromatic heterocycles. The predicted octanol–water partition coefficient (Wildman–Crippen LogP) is 2.78. The lowest BCUT2D eigenvalue weighted by Gasteiger charge is -2.12. The van der Waals surface area contributed by atoms with Gasteiger partial charge in [0.1, 0.15) is 6.61 Å². The second kappa shape index (κ2) is 7.50. The quantitative estimate of drug-likeness (QED) is 0.841. The van der Waals surface area contributed by atoms with E-state index in [2.05, 4.69) is 17.2 Å². The Labute approximate surface area is 119 Å². The molecule has 2 rings (SSSR count). The topological polar surface area (TPSA) is 43.4 Å². The molecule has 0 unspecified atom stereocenters. The van der Waals surface area contributed by atoms with Crippen molar-refractivity contribution in [2.45, 2.75) is 20.1 Å². The van der Waals surface area contributed by atoms with Crippen molar-refractivity contribution < 1.29 is 9.47 Å². The van der Waals surface area contributed by atoms with Crippen LogP contribution in [0, 0.1) is 0 Å². The van der Waals surface area contributed by atoms with Gasteiger partial charge in [0.2, 0.25) is 0 Å². The summed E-state index contributed by atoms with van der Waals surface area (Å²) < 4.78 is 11.2. The summed E-state index contributed by atoms with van der Waals surface area (Å²) in [6.07, 6.45) is 3.52. The van der Waals surface area contributed by atoms with Crippen LogP contribution in [0.25, 0.3) is 0 Å². The van der Waals surface area contributed by atoms with E-state index < -0.39 is 0 Å². The van der Waals surface area contributed by atoms with Gasteiger partial charge in [-0.25, -0.2) is 0 Å². The Hall–Kier alpha value is -2.07. The van der Waals surface area contributed by atoms with E-state index >= 15 is 0 Å². The second-order valence-electron chi connectivity index (χ2n) is 4.41. The molecule has 0 aliphatic heterocycles. The first kappa shape index (κ1) is 14.3. The summed E-state index contributed by atoms with van der Waals surface area (Å²) in [6.45, 7) is 4.37. The lowest BCUT2D eigenvalue weighted by atomic mass is 10.2. The van der Waals surface area contributed by atoms with Gasteiger partial charge in [-0.3, -0.25) is 4.98 Å². The average molecular weight is 272 g/mol. The highest BCUT2D eigenvalue weighted by atomic mass is 16.5. The van der Waals surface area contributed by atoms with Crippen LogP contribution in [0.15, 0.2) is 42.7 Å². The van der Waals surface area contributed by atoms with Crippen molar-refractivity contribution in [3.63, 3.8) is 0 Å². The Morgan fingerprint density at radius 3 is 2.55 bits per heavy atom. The number of pyridine rings is 1. The van der Waals surface area contributed by atoms with E-state index in [9.17, 15) is 0 Å². The summed E-state index contributed by atoms with van der Waals surface area (Å²) in [7, 11) is 1.66. The molecule has 0 bridgehead atoms. The number of ether oxygens (including phenoxy) is 2. The Kier molecular flexibility index (Phi) is 5.38. The van der Waals surface area contributed by atoms with Crippen LogP contribution in [0.5, 0.6) is 11.5 Å². The highest BCUT2D eigenvalue weighted by molar-refractivity contribution is 5.43. The van der Waals surface area contributed by atoms with Crippen molar-refractivity contribution in [3.05, 3.63) is 53.9 Å². The SMILES string of the molecule is CCNCc1ccc(OCc2ccncc2)c(OC)c1. The molecule has 0 aliphatic rings. The molecule has 0 saturated heterocycles. The zero-order chi connectivity index (χ0) is 14.2. The van der Waals surface area contributed by atoms with Gasteiger partial charge >= 0.3 is 0 Å². The van der Waals surface area contributed by atoms with Gasteiger partial charge in [-0.15, -0.1) is 0 Å². The molecule has 0 amide bonds. The molecule has 0 saturated carbocycles. The smallest absolute Gasteiger partial charge is 0.161 e. The third kappa shape index (κ3) is 3.96. The van der Waals surface area contributed by atoms with Gasteiger partial charge in [-0.2, -0.15) is 0 Å². The number of hydrogen-bond acceptors (Lipinski definition) is 4. The van der Waals surface area contributed by atoms with Gasteiger partial charge in [-0.1, -0.05) is 13.0 Å². The first-order valence-corrected chi connectivity index (χ1v) is 6.72. The molecule has 0 radical (unpaired) electrons. The monoisotopic (exact) mass is 272 g/mol. The first-order chi connectivity index (χ1) is 9.83. The van der Waals surface area contributed by atoms with Crippen molar-refractivity contribution in [2.75, 3.05) is 13.7 Å². The van der Waals surface area contributed by atoms with Crippen molar-refractivity contribution in [1.82, 2.24) is 10.3 Å². The fourth-order valence-corrected chi connectivity index (χ4v) is 1.85. The Bertz CT molecular complexity index is 529. The van der Waals surface area contributed by atoms with Crippen molar-refractivity contribution >= 4 is 0 Å². The summed E-state index contributed by atoms with van der Waals surface area (Å²) in [6, 6.07) is 9.88. The fourth-order valence-electron chi connectivity index (χ4n) is 1.85. The maximum Gasteiger partial charge on any atom is 0.161 e. The number of rotatable bonds is 7. The zero-order valence-electron chi connectivity index (χ0n) is 11.9. The molecule has 0 aliphatic carbocycles. The molecule has 4 nitrogen and oxygen atoms in total. The molecule has 20 heavy (non-hydrogen) atoms. The van der Waals surface area contributed by atoms with Crippen LogP contribution in [0.4, 0.5) is 0 Å². The van der Waals surface area contributed by atoms with E-state index in [0.29, 0.717) is 6.61 Å². The fraction of sp³-hybridized carbons (Fsp3) is 0.312. The van der Waals surface area contributed by atoms with Crippen molar-refractivity contribution in [1.29, 1.82) is 0 Å². The van der Waals surface area contributed by atoms with Gasteiger partial charge < -0.3 is 14.8 Å². The minimum Gasteiger partial charge on any atom is -0.493 e. The Morgan fingerprint density at radius 1 is 1.05 bits per heavy atom. The number of nitrogens with one attached hydrogen (secondary N) is 1. The highest BCUT2D eigenvalue weighted by Gasteiger charge is 2.06. The van der Waals surface area contributed by atoms with Crippen molar-refractivity contribution in [3.8, 4) is 11.5 Å². The number of hydrogen-bond donors (Lipinski definition) is 1. The standard InChI is InChI=1S/C16H20N2O2/c1-3-17-11-14-4-5-15(16(10-14)19-2)20-12-13-6-8-18-9-7-13/h4-10,17H,3,11-12H2,1-2H3. The predicted molar refractivity (Wildman–Crippen MR) is 78.9 cm³/mol. The molecule has 0 fully saturated rings. The maximum atomic E-state index is 5.80. The van der Waals surface area contributed by atoms with Gasteiger partial charge in [0, 0.05) is 18.9 Å². The van der Waals surface area contributed by atoms with E-state index in [1.54, 1.807) is 19.5 Å². The Morgan fingerprint density at radius 2 is 1.85 bits per heavy atom. The molecular formula is C16H20N2O2. The van der Waals surface area contributed by atoms with E-state index in [0.717, 1.165) is 30.2 Å². The van der Waals surface area contributed by atoms with Gasteiger partial charge in [0.25, 0.3) is 0 Å². The van der Waals surface area contributed by atoms with Crippen LogP contribution >= 0.6 is 0 Å². The normalized spacial score (nSPS) is 10.3. The van der Waals surface area contributed by atoms with Gasteiger partial charge in [0.15, 0.2) is 11.5 Å². The van der Waals surface area contributed by atoms with Crippen LogP contribution in [-0.2, 0) is 13.2 Å². The van der Waals surface area contributed by atoms with Crippen LogP contribution in [-0.4, -0.2) is 18.6 Å². The lowest BCUT2D eigenvalue weighted by Crippen LogP contribution is -2.11. The summed E-state index contributed by atoms with van der Waals surface area (Å²) in [5.74, 6) is 1.51. The minimum atomic E-state index is 0.505. The molecule has 0 atom stereocenters. The van der Waals surface area contributed by atoms with Gasteiger partial charge in [-0.05, 0) is 41.9 Å². The molecule has 0 spiro atoms. The average Bonchev–Trinajstić information content (AvgIpc) is 2.52. The van der Waals surface area contributed by atoms with Crippen LogP contribution in [0.3, 0.4) is 0 Å². The van der Waals surface area contributed by atoms with E-state index in [1.807, 2.05) is 30.3 Å². The van der Waals surface area contributed by atoms with Crippen LogP contribution in [0.2, 0.25) is 0 Å². The maximum absolute atomic E-state index is 5.80. The molecule has 2 aromatic rings. The highest BCUT2D eigenvalue weighted by Crippen LogP contribution is 2.28. The second-order valence-corrected chi connectivity index (χ2v) is 4.41. The lowest BCUT2D eigenvalue weighted by molar-refractivity contribution is 0.284. The van der Waals surface area contributed by atoms with Gasteiger partial charge in [0.05, 0.1) is 7.11 Å².